The summed E-state index contributed by atoms with van der Waals surface area (Å²) in [4.78, 5) is 23.8. The molecule has 114 valence electrons. The minimum Gasteiger partial charge on any atom is -0.465 e. The van der Waals surface area contributed by atoms with Crippen molar-refractivity contribution in [2.75, 3.05) is 6.61 Å². The lowest BCUT2D eigenvalue weighted by Gasteiger charge is -2.14. The summed E-state index contributed by atoms with van der Waals surface area (Å²) in [6, 6.07) is 8.81. The molecule has 0 radical (unpaired) electrons. The van der Waals surface area contributed by atoms with E-state index in [1.165, 1.54) is 0 Å². The Hall–Kier alpha value is -2.17. The first-order valence-electron chi connectivity index (χ1n) is 7.16. The van der Waals surface area contributed by atoms with Crippen molar-refractivity contribution in [2.24, 2.45) is 11.0 Å². The second-order valence-electron chi connectivity index (χ2n) is 4.65. The summed E-state index contributed by atoms with van der Waals surface area (Å²) in [7, 11) is 0. The Morgan fingerprint density at radius 1 is 1.24 bits per heavy atom. The van der Waals surface area contributed by atoms with Gasteiger partial charge in [0.1, 0.15) is 0 Å². The molecule has 1 N–H and O–H groups in total. The summed E-state index contributed by atoms with van der Waals surface area (Å²) >= 11 is 0. The third kappa shape index (κ3) is 5.38. The Morgan fingerprint density at radius 2 is 1.90 bits per heavy atom. The highest BCUT2D eigenvalue weighted by Gasteiger charge is 2.22. The van der Waals surface area contributed by atoms with E-state index >= 15 is 0 Å². The van der Waals surface area contributed by atoms with Gasteiger partial charge < -0.3 is 4.74 Å². The fraction of sp³-hybridized carbons (Fsp3) is 0.438. The molecule has 0 aromatic heterocycles. The summed E-state index contributed by atoms with van der Waals surface area (Å²) < 4.78 is 5.04. The molecule has 1 amide bonds. The smallest absolute Gasteiger partial charge is 0.314 e. The number of hydrogen-bond donors (Lipinski definition) is 1. The number of carbonyl (C=O) groups excluding carboxylic acids is 2. The highest BCUT2D eigenvalue weighted by molar-refractivity contribution is 6.02. The lowest BCUT2D eigenvalue weighted by Crippen LogP contribution is -2.27. The first kappa shape index (κ1) is 16.9. The maximum absolute atomic E-state index is 11.9. The normalized spacial score (nSPS) is 12.6. The van der Waals surface area contributed by atoms with Crippen LogP contribution >= 0.6 is 0 Å². The van der Waals surface area contributed by atoms with Crippen molar-refractivity contribution < 1.29 is 14.3 Å². The molecule has 0 spiro atoms. The van der Waals surface area contributed by atoms with Gasteiger partial charge in [0.2, 0.25) is 0 Å². The maximum atomic E-state index is 11.9. The van der Waals surface area contributed by atoms with Gasteiger partial charge in [0.05, 0.1) is 12.5 Å². The Morgan fingerprint density at radius 3 is 2.48 bits per heavy atom. The van der Waals surface area contributed by atoms with Gasteiger partial charge in [-0.05, 0) is 32.4 Å². The predicted molar refractivity (Wildman–Crippen MR) is 82.0 cm³/mol. The second-order valence-corrected chi connectivity index (χ2v) is 4.65. The van der Waals surface area contributed by atoms with Crippen LogP contribution in [-0.4, -0.2) is 24.2 Å². The van der Waals surface area contributed by atoms with Crippen molar-refractivity contribution in [3.8, 4) is 0 Å². The molecule has 0 heterocycles. The molecule has 0 aliphatic heterocycles. The van der Waals surface area contributed by atoms with Crippen LogP contribution in [0.25, 0.3) is 0 Å². The minimum absolute atomic E-state index is 0.297. The van der Waals surface area contributed by atoms with Gasteiger partial charge in [-0.15, -0.1) is 0 Å². The third-order valence-corrected chi connectivity index (χ3v) is 3.02. The average Bonchev–Trinajstić information content (AvgIpc) is 2.51. The zero-order valence-corrected chi connectivity index (χ0v) is 12.8. The molecular weight excluding hydrogens is 268 g/mol. The lowest BCUT2D eigenvalue weighted by molar-refractivity contribution is -0.145. The quantitative estimate of drug-likeness (QED) is 0.477. The molecule has 1 rings (SSSR count). The van der Waals surface area contributed by atoms with Crippen LogP contribution in [0.15, 0.2) is 35.4 Å². The Kier molecular flexibility index (Phi) is 7.15. The van der Waals surface area contributed by atoms with E-state index < -0.39 is 5.92 Å². The zero-order chi connectivity index (χ0) is 15.7. The highest BCUT2D eigenvalue weighted by atomic mass is 16.5. The van der Waals surface area contributed by atoms with Crippen LogP contribution in [0.5, 0.6) is 0 Å². The molecule has 21 heavy (non-hydrogen) atoms. The number of hydrazone groups is 1. The van der Waals surface area contributed by atoms with Gasteiger partial charge in [0, 0.05) is 11.3 Å². The van der Waals surface area contributed by atoms with Crippen molar-refractivity contribution in [1.29, 1.82) is 0 Å². The van der Waals surface area contributed by atoms with Gasteiger partial charge in [-0.1, -0.05) is 31.5 Å². The molecule has 1 unspecified atom stereocenters. The molecule has 1 aromatic carbocycles. The van der Waals surface area contributed by atoms with E-state index in [0.717, 1.165) is 6.42 Å². The van der Waals surface area contributed by atoms with Crippen LogP contribution in [-0.2, 0) is 9.53 Å². The number of nitrogens with one attached hydrogen (secondary N) is 1. The van der Waals surface area contributed by atoms with Crippen molar-refractivity contribution >= 4 is 17.6 Å². The van der Waals surface area contributed by atoms with E-state index in [-0.39, 0.29) is 11.9 Å². The molecule has 0 fully saturated rings. The molecule has 0 aliphatic carbocycles. The Balaban J connectivity index is 2.72. The molecule has 1 atom stereocenters. The Bertz CT molecular complexity index is 498. The summed E-state index contributed by atoms with van der Waals surface area (Å²) in [6.45, 7) is 5.82. The molecular formula is C16H22N2O3. The summed E-state index contributed by atoms with van der Waals surface area (Å²) in [5.74, 6) is -1.00. The molecule has 5 nitrogen and oxygen atoms in total. The number of esters is 1. The SMILES string of the molecule is CCCC(C(=O)OCC)/C(C)=N/NC(=O)c1ccccc1. The van der Waals surface area contributed by atoms with Gasteiger partial charge >= 0.3 is 5.97 Å². The van der Waals surface area contributed by atoms with Gasteiger partial charge in [-0.2, -0.15) is 5.10 Å². The van der Waals surface area contributed by atoms with E-state index in [4.69, 9.17) is 4.74 Å². The van der Waals surface area contributed by atoms with E-state index in [9.17, 15) is 9.59 Å². The number of hydrogen-bond acceptors (Lipinski definition) is 4. The standard InChI is InChI=1S/C16H22N2O3/c1-4-9-14(16(20)21-5-2)12(3)17-18-15(19)13-10-7-6-8-11-13/h6-8,10-11,14H,4-5,9H2,1-3H3,(H,18,19)/b17-12+. The number of rotatable bonds is 7. The summed E-state index contributed by atoms with van der Waals surface area (Å²) in [5.41, 5.74) is 3.56. The largest absolute Gasteiger partial charge is 0.465 e. The second kappa shape index (κ2) is 8.89. The molecule has 0 saturated carbocycles. The molecule has 0 saturated heterocycles. The van der Waals surface area contributed by atoms with Gasteiger partial charge in [-0.3, -0.25) is 9.59 Å². The fourth-order valence-corrected chi connectivity index (χ4v) is 1.90. The van der Waals surface area contributed by atoms with E-state index in [0.29, 0.717) is 24.3 Å². The number of ether oxygens (including phenoxy) is 1. The lowest BCUT2D eigenvalue weighted by atomic mass is 9.99. The number of carbonyl (C=O) groups is 2. The minimum atomic E-state index is -0.411. The van der Waals surface area contributed by atoms with Gasteiger partial charge in [0.25, 0.3) is 5.91 Å². The van der Waals surface area contributed by atoms with Crippen molar-refractivity contribution in [1.82, 2.24) is 5.43 Å². The average molecular weight is 290 g/mol. The molecule has 0 bridgehead atoms. The number of amides is 1. The van der Waals surface area contributed by atoms with Crippen LogP contribution in [0, 0.1) is 5.92 Å². The van der Waals surface area contributed by atoms with Crippen molar-refractivity contribution in [2.45, 2.75) is 33.6 Å². The summed E-state index contributed by atoms with van der Waals surface area (Å²) in [6.07, 6.45) is 1.48. The topological polar surface area (TPSA) is 67.8 Å². The van der Waals surface area contributed by atoms with E-state index in [1.54, 1.807) is 38.1 Å². The first-order valence-corrected chi connectivity index (χ1v) is 7.16. The van der Waals surface area contributed by atoms with E-state index in [2.05, 4.69) is 10.5 Å². The maximum Gasteiger partial charge on any atom is 0.314 e. The molecule has 5 heteroatoms. The van der Waals surface area contributed by atoms with Gasteiger partial charge in [0.15, 0.2) is 0 Å². The number of nitrogens with zero attached hydrogens (tertiary/aromatic N) is 1. The van der Waals surface area contributed by atoms with Crippen molar-refractivity contribution in [3.05, 3.63) is 35.9 Å². The van der Waals surface area contributed by atoms with Crippen molar-refractivity contribution in [3.63, 3.8) is 0 Å². The molecule has 1 aromatic rings. The summed E-state index contributed by atoms with van der Waals surface area (Å²) in [5, 5.41) is 4.04. The predicted octanol–water partition coefficient (Wildman–Crippen LogP) is 2.77. The Labute approximate surface area is 125 Å². The third-order valence-electron chi connectivity index (χ3n) is 3.02. The molecule has 0 aliphatic rings. The first-order chi connectivity index (χ1) is 10.1. The van der Waals surface area contributed by atoms with Gasteiger partial charge in [-0.25, -0.2) is 5.43 Å². The number of benzene rings is 1. The highest BCUT2D eigenvalue weighted by Crippen LogP contribution is 2.11. The fourth-order valence-electron chi connectivity index (χ4n) is 1.90. The van der Waals surface area contributed by atoms with E-state index in [1.807, 2.05) is 13.0 Å². The van der Waals surface area contributed by atoms with Crippen LogP contribution in [0.1, 0.15) is 44.0 Å². The van der Waals surface area contributed by atoms with Crippen LogP contribution in [0.3, 0.4) is 0 Å². The zero-order valence-electron chi connectivity index (χ0n) is 12.8. The van der Waals surface area contributed by atoms with Crippen LogP contribution in [0.2, 0.25) is 0 Å². The van der Waals surface area contributed by atoms with Crippen LogP contribution < -0.4 is 5.43 Å². The monoisotopic (exact) mass is 290 g/mol. The van der Waals surface area contributed by atoms with Crippen LogP contribution in [0.4, 0.5) is 0 Å².